The van der Waals surface area contributed by atoms with Gasteiger partial charge in [0.15, 0.2) is 11.5 Å². The molecular weight excluding hydrogens is 428 g/mol. The Bertz CT molecular complexity index is 1180. The largest absolute Gasteiger partial charge is 0.493 e. The van der Waals surface area contributed by atoms with E-state index in [2.05, 4.69) is 34.3 Å². The molecule has 8 nitrogen and oxygen atoms in total. The van der Waals surface area contributed by atoms with Crippen molar-refractivity contribution in [2.75, 3.05) is 31.8 Å². The zero-order chi connectivity index (χ0) is 22.7. The van der Waals surface area contributed by atoms with E-state index < -0.39 is 10.0 Å². The van der Waals surface area contributed by atoms with Gasteiger partial charge in [-0.05, 0) is 31.4 Å². The van der Waals surface area contributed by atoms with Gasteiger partial charge in [-0.2, -0.15) is 0 Å². The summed E-state index contributed by atoms with van der Waals surface area (Å²) < 4.78 is 36.8. The number of hydrogen-bond acceptors (Lipinski definition) is 7. The van der Waals surface area contributed by atoms with Gasteiger partial charge in [-0.3, -0.25) is 0 Å². The third kappa shape index (κ3) is 4.94. The van der Waals surface area contributed by atoms with Crippen molar-refractivity contribution in [3.63, 3.8) is 0 Å². The van der Waals surface area contributed by atoms with Gasteiger partial charge in [-0.15, -0.1) is 0 Å². The zero-order valence-corrected chi connectivity index (χ0v) is 19.3. The van der Waals surface area contributed by atoms with E-state index in [0.717, 1.165) is 16.5 Å². The smallest absolute Gasteiger partial charge is 0.211 e. The van der Waals surface area contributed by atoms with Crippen LogP contribution in [0.1, 0.15) is 31.4 Å². The molecule has 1 atom stereocenters. The van der Waals surface area contributed by atoms with E-state index in [0.29, 0.717) is 43.2 Å². The Labute approximate surface area is 188 Å². The second-order valence-electron chi connectivity index (χ2n) is 8.00. The lowest BCUT2D eigenvalue weighted by Crippen LogP contribution is -2.41. The van der Waals surface area contributed by atoms with Gasteiger partial charge in [-0.1, -0.05) is 30.3 Å². The number of nitrogens with one attached hydrogen (secondary N) is 1. The summed E-state index contributed by atoms with van der Waals surface area (Å²) in [4.78, 5) is 8.86. The molecule has 1 N–H and O–H groups in total. The molecule has 32 heavy (non-hydrogen) atoms. The first-order valence-corrected chi connectivity index (χ1v) is 12.5. The highest BCUT2D eigenvalue weighted by Gasteiger charge is 2.27. The first-order chi connectivity index (χ1) is 15.3. The predicted octanol–water partition coefficient (Wildman–Crippen LogP) is 3.61. The summed E-state index contributed by atoms with van der Waals surface area (Å²) >= 11 is 0. The number of sulfonamides is 1. The van der Waals surface area contributed by atoms with Crippen LogP contribution in [-0.2, 0) is 10.0 Å². The number of anilines is 1. The minimum atomic E-state index is -3.18. The number of piperidine rings is 1. The maximum Gasteiger partial charge on any atom is 0.211 e. The Morgan fingerprint density at radius 3 is 2.47 bits per heavy atom. The van der Waals surface area contributed by atoms with Gasteiger partial charge in [0.2, 0.25) is 10.0 Å². The lowest BCUT2D eigenvalue weighted by molar-refractivity contribution is 0.131. The van der Waals surface area contributed by atoms with Gasteiger partial charge in [0.25, 0.3) is 0 Å². The Balaban J connectivity index is 1.58. The van der Waals surface area contributed by atoms with Crippen LogP contribution in [0.3, 0.4) is 0 Å². The Morgan fingerprint density at radius 1 is 1.09 bits per heavy atom. The van der Waals surface area contributed by atoms with Crippen molar-refractivity contribution in [1.29, 1.82) is 0 Å². The molecule has 0 saturated carbocycles. The third-order valence-corrected chi connectivity index (χ3v) is 7.04. The second-order valence-corrected chi connectivity index (χ2v) is 9.98. The van der Waals surface area contributed by atoms with Crippen molar-refractivity contribution in [3.05, 3.63) is 54.4 Å². The minimum absolute atomic E-state index is 0.0566. The molecule has 1 unspecified atom stereocenters. The van der Waals surface area contributed by atoms with Crippen molar-refractivity contribution in [3.8, 4) is 11.5 Å². The number of hydrogen-bond donors (Lipinski definition) is 1. The lowest BCUT2D eigenvalue weighted by Gasteiger charge is -2.30. The predicted molar refractivity (Wildman–Crippen MR) is 125 cm³/mol. The molecule has 1 aromatic heterocycles. The maximum absolute atomic E-state index is 11.8. The van der Waals surface area contributed by atoms with Gasteiger partial charge >= 0.3 is 0 Å². The van der Waals surface area contributed by atoms with E-state index >= 15 is 0 Å². The first kappa shape index (κ1) is 22.3. The molecule has 1 aliphatic heterocycles. The van der Waals surface area contributed by atoms with Crippen LogP contribution in [-0.4, -0.2) is 55.3 Å². The summed E-state index contributed by atoms with van der Waals surface area (Å²) in [5.41, 5.74) is 1.90. The van der Waals surface area contributed by atoms with Crippen LogP contribution >= 0.6 is 0 Å². The van der Waals surface area contributed by atoms with E-state index in [4.69, 9.17) is 9.47 Å². The van der Waals surface area contributed by atoms with Crippen LogP contribution < -0.4 is 14.8 Å². The molecule has 2 heterocycles. The van der Waals surface area contributed by atoms with Crippen molar-refractivity contribution < 1.29 is 17.9 Å². The Hall–Kier alpha value is -2.91. The second kappa shape index (κ2) is 9.30. The molecule has 1 saturated heterocycles. The van der Waals surface area contributed by atoms with Gasteiger partial charge in [0.1, 0.15) is 18.2 Å². The van der Waals surface area contributed by atoms with E-state index in [1.165, 1.54) is 16.9 Å². The average molecular weight is 457 g/mol. The van der Waals surface area contributed by atoms with Crippen LogP contribution in [0.15, 0.2) is 48.8 Å². The molecule has 1 fully saturated rings. The molecule has 2 aromatic carbocycles. The maximum atomic E-state index is 11.8. The molecule has 3 aromatic rings. The van der Waals surface area contributed by atoms with Gasteiger partial charge < -0.3 is 14.8 Å². The van der Waals surface area contributed by atoms with Gasteiger partial charge in [0.05, 0.1) is 18.9 Å². The van der Waals surface area contributed by atoms with E-state index in [1.54, 1.807) is 7.11 Å². The molecule has 0 aliphatic carbocycles. The first-order valence-electron chi connectivity index (χ1n) is 10.6. The zero-order valence-electron chi connectivity index (χ0n) is 18.5. The standard InChI is InChI=1S/C23H28N4O4S/c1-16(17-7-5-4-6-8-17)26-23-19-13-22(21(30-2)14-20(19)24-15-25-23)31-18-9-11-27(12-10-18)32(3,28)29/h4-8,13-16,18H,9-12H2,1-3H3,(H,24,25,26). The van der Waals surface area contributed by atoms with Gasteiger partial charge in [0, 0.05) is 30.6 Å². The number of ether oxygens (including phenoxy) is 2. The van der Waals surface area contributed by atoms with Crippen LogP contribution in [0.4, 0.5) is 5.82 Å². The topological polar surface area (TPSA) is 93.7 Å². The summed E-state index contributed by atoms with van der Waals surface area (Å²) in [6.45, 7) is 2.98. The highest BCUT2D eigenvalue weighted by Crippen LogP contribution is 2.36. The van der Waals surface area contributed by atoms with E-state index in [-0.39, 0.29) is 12.1 Å². The van der Waals surface area contributed by atoms with Crippen LogP contribution in [0, 0.1) is 0 Å². The monoisotopic (exact) mass is 456 g/mol. The van der Waals surface area contributed by atoms with Crippen molar-refractivity contribution in [2.45, 2.75) is 31.9 Å². The number of aromatic nitrogens is 2. The molecule has 0 spiro atoms. The SMILES string of the molecule is COc1cc2ncnc(NC(C)c3ccccc3)c2cc1OC1CCN(S(C)(=O)=O)CC1. The van der Waals surface area contributed by atoms with Crippen LogP contribution in [0.2, 0.25) is 0 Å². The molecular formula is C23H28N4O4S. The molecule has 170 valence electrons. The van der Waals surface area contributed by atoms with Crippen LogP contribution in [0.5, 0.6) is 11.5 Å². The van der Waals surface area contributed by atoms with Crippen molar-refractivity contribution in [2.24, 2.45) is 0 Å². The normalized spacial score (nSPS) is 16.6. The number of benzene rings is 2. The van der Waals surface area contributed by atoms with Crippen molar-refractivity contribution >= 4 is 26.7 Å². The summed E-state index contributed by atoms with van der Waals surface area (Å²) in [7, 11) is -1.58. The highest BCUT2D eigenvalue weighted by atomic mass is 32.2. The third-order valence-electron chi connectivity index (χ3n) is 5.74. The molecule has 0 amide bonds. The molecule has 4 rings (SSSR count). The molecule has 9 heteroatoms. The fraction of sp³-hybridized carbons (Fsp3) is 0.391. The van der Waals surface area contributed by atoms with E-state index in [9.17, 15) is 8.42 Å². The molecule has 0 bridgehead atoms. The highest BCUT2D eigenvalue weighted by molar-refractivity contribution is 7.88. The molecule has 0 radical (unpaired) electrons. The van der Waals surface area contributed by atoms with E-state index in [1.807, 2.05) is 30.3 Å². The Kier molecular flexibility index (Phi) is 6.48. The molecule has 1 aliphatic rings. The summed E-state index contributed by atoms with van der Waals surface area (Å²) in [5.74, 6) is 1.90. The quantitative estimate of drug-likeness (QED) is 0.580. The summed E-state index contributed by atoms with van der Waals surface area (Å²) in [5, 5.41) is 4.30. The Morgan fingerprint density at radius 2 is 1.81 bits per heavy atom. The minimum Gasteiger partial charge on any atom is -0.493 e. The number of rotatable bonds is 7. The average Bonchev–Trinajstić information content (AvgIpc) is 2.79. The fourth-order valence-corrected chi connectivity index (χ4v) is 4.80. The fourth-order valence-electron chi connectivity index (χ4n) is 3.92. The lowest BCUT2D eigenvalue weighted by atomic mass is 10.1. The van der Waals surface area contributed by atoms with Gasteiger partial charge in [-0.25, -0.2) is 22.7 Å². The number of fused-ring (bicyclic) bond motifs is 1. The summed E-state index contributed by atoms with van der Waals surface area (Å²) in [6, 6.07) is 14.0. The number of nitrogens with zero attached hydrogens (tertiary/aromatic N) is 3. The van der Waals surface area contributed by atoms with Crippen LogP contribution in [0.25, 0.3) is 10.9 Å². The number of methoxy groups -OCH3 is 1. The summed E-state index contributed by atoms with van der Waals surface area (Å²) in [6.07, 6.45) is 3.92. The van der Waals surface area contributed by atoms with Crippen molar-refractivity contribution in [1.82, 2.24) is 14.3 Å².